The molecule has 2 amide bonds. The third kappa shape index (κ3) is 8.04. The monoisotopic (exact) mass is 460 g/mol. The number of benzene rings is 1. The Morgan fingerprint density at radius 1 is 1.00 bits per heavy atom. The molecule has 0 saturated carbocycles. The predicted molar refractivity (Wildman–Crippen MR) is 131 cm³/mol. The van der Waals surface area contributed by atoms with E-state index in [1.165, 1.54) is 0 Å². The van der Waals surface area contributed by atoms with Gasteiger partial charge in [0.05, 0.1) is 17.1 Å². The number of hydrogen-bond acceptors (Lipinski definition) is 5. The molecule has 1 saturated heterocycles. The van der Waals surface area contributed by atoms with Gasteiger partial charge in [-0.1, -0.05) is 44.2 Å². The minimum absolute atomic E-state index is 0.301. The van der Waals surface area contributed by atoms with Crippen LogP contribution in [-0.2, 0) is 25.3 Å². The van der Waals surface area contributed by atoms with Crippen molar-refractivity contribution in [3.05, 3.63) is 35.9 Å². The number of nitrogens with one attached hydrogen (secondary N) is 2. The molecule has 1 fully saturated rings. The number of rotatable bonds is 8. The second-order valence-electron chi connectivity index (χ2n) is 11.3. The van der Waals surface area contributed by atoms with Crippen LogP contribution in [0.1, 0.15) is 74.3 Å². The van der Waals surface area contributed by atoms with Crippen LogP contribution in [0.5, 0.6) is 0 Å². The molecule has 1 aromatic rings. The normalized spacial score (nSPS) is 19.2. The van der Waals surface area contributed by atoms with Crippen molar-refractivity contribution in [3.8, 4) is 0 Å². The summed E-state index contributed by atoms with van der Waals surface area (Å²) in [5.41, 5.74) is -0.739. The largest absolute Gasteiger partial charge is 0.481 e. The summed E-state index contributed by atoms with van der Waals surface area (Å²) in [7, 11) is -0.583. The predicted octanol–water partition coefficient (Wildman–Crippen LogP) is 4.28. The molecular weight excluding hydrogens is 419 g/mol. The molecule has 0 aliphatic carbocycles. The topological polar surface area (TPSA) is 85.9 Å². The number of hydrogen-bond donors (Lipinski definition) is 2. The van der Waals surface area contributed by atoms with Gasteiger partial charge in [-0.3, -0.25) is 4.79 Å². The van der Waals surface area contributed by atoms with Crippen molar-refractivity contribution in [2.24, 2.45) is 5.92 Å². The Kier molecular flexibility index (Phi) is 8.63. The summed E-state index contributed by atoms with van der Waals surface area (Å²) in [6.07, 6.45) is 0.381. The fourth-order valence-corrected chi connectivity index (χ4v) is 3.59. The van der Waals surface area contributed by atoms with Crippen LogP contribution in [-0.4, -0.2) is 47.9 Å². The summed E-state index contributed by atoms with van der Waals surface area (Å²) >= 11 is 0. The molecule has 1 unspecified atom stereocenters. The molecule has 1 aliphatic rings. The van der Waals surface area contributed by atoms with Gasteiger partial charge < -0.3 is 24.7 Å². The van der Waals surface area contributed by atoms with E-state index in [0.717, 1.165) is 5.56 Å². The fourth-order valence-electron chi connectivity index (χ4n) is 3.59. The van der Waals surface area contributed by atoms with Crippen LogP contribution < -0.4 is 10.6 Å². The Bertz CT molecular complexity index is 789. The maximum Gasteiger partial charge on any atom is 0.481 e. The SMILES string of the molecule is CC(C)CC(NC(=O)[C@H](Cc1ccccc1)NC(=O)OC(C)(C)C)B1OC(C)(C)C(C)(C)O1. The number of ether oxygens (including phenoxy) is 1. The zero-order chi connectivity index (χ0) is 25.0. The zero-order valence-electron chi connectivity index (χ0n) is 21.7. The first kappa shape index (κ1) is 27.2. The molecule has 184 valence electrons. The van der Waals surface area contributed by atoms with Crippen LogP contribution in [0.2, 0.25) is 0 Å². The lowest BCUT2D eigenvalue weighted by Crippen LogP contribution is -2.56. The molecule has 1 aliphatic heterocycles. The lowest BCUT2D eigenvalue weighted by molar-refractivity contribution is -0.123. The van der Waals surface area contributed by atoms with Gasteiger partial charge in [-0.2, -0.15) is 0 Å². The second-order valence-corrected chi connectivity index (χ2v) is 11.3. The molecule has 2 N–H and O–H groups in total. The molecule has 2 rings (SSSR count). The third-order valence-electron chi connectivity index (χ3n) is 5.94. The van der Waals surface area contributed by atoms with Crippen molar-refractivity contribution in [2.45, 2.75) is 104 Å². The van der Waals surface area contributed by atoms with Crippen LogP contribution in [0, 0.1) is 5.92 Å². The van der Waals surface area contributed by atoms with Gasteiger partial charge >= 0.3 is 13.2 Å². The summed E-state index contributed by atoms with van der Waals surface area (Å²) in [5.74, 6) is -0.358. The molecule has 2 atom stereocenters. The molecule has 8 heteroatoms. The second kappa shape index (κ2) is 10.5. The molecule has 7 nitrogen and oxygen atoms in total. The van der Waals surface area contributed by atoms with Gasteiger partial charge in [0.1, 0.15) is 11.6 Å². The number of amides is 2. The quantitative estimate of drug-likeness (QED) is 0.566. The summed E-state index contributed by atoms with van der Waals surface area (Å²) in [4.78, 5) is 25.9. The first-order valence-electron chi connectivity index (χ1n) is 11.8. The van der Waals surface area contributed by atoms with E-state index in [2.05, 4.69) is 24.5 Å². The highest BCUT2D eigenvalue weighted by molar-refractivity contribution is 6.48. The zero-order valence-corrected chi connectivity index (χ0v) is 21.7. The average Bonchev–Trinajstić information content (AvgIpc) is 2.87. The standard InChI is InChI=1S/C25H41BN2O5/c1-17(2)15-20(26-32-24(6,7)25(8,9)33-26)28-21(29)19(16-18-13-11-10-12-14-18)27-22(30)31-23(3,4)5/h10-14,17,19-20H,15-16H2,1-9H3,(H,27,30)(H,28,29)/t19-,20?/m0/s1. The van der Waals surface area contributed by atoms with Gasteiger partial charge in [-0.15, -0.1) is 0 Å². The average molecular weight is 460 g/mol. The van der Waals surface area contributed by atoms with Crippen molar-refractivity contribution in [3.63, 3.8) is 0 Å². The summed E-state index contributed by atoms with van der Waals surface area (Å²) < 4.78 is 17.8. The van der Waals surface area contributed by atoms with E-state index in [9.17, 15) is 9.59 Å². The minimum Gasteiger partial charge on any atom is -0.444 e. The molecule has 1 aromatic carbocycles. The maximum atomic E-state index is 13.4. The number of alkyl carbamates (subject to hydrolysis) is 1. The first-order chi connectivity index (χ1) is 15.1. The molecule has 0 spiro atoms. The van der Waals surface area contributed by atoms with Crippen LogP contribution in [0.15, 0.2) is 30.3 Å². The fraction of sp³-hybridized carbons (Fsp3) is 0.680. The van der Waals surface area contributed by atoms with E-state index >= 15 is 0 Å². The maximum absolute atomic E-state index is 13.4. The van der Waals surface area contributed by atoms with E-state index in [0.29, 0.717) is 18.8 Å². The van der Waals surface area contributed by atoms with Gasteiger partial charge in [-0.05, 0) is 66.4 Å². The van der Waals surface area contributed by atoms with Crippen molar-refractivity contribution in [1.82, 2.24) is 10.6 Å². The van der Waals surface area contributed by atoms with Gasteiger partial charge in [-0.25, -0.2) is 4.79 Å². The smallest absolute Gasteiger partial charge is 0.444 e. The molecule has 0 aromatic heterocycles. The van der Waals surface area contributed by atoms with E-state index in [4.69, 9.17) is 14.0 Å². The van der Waals surface area contributed by atoms with Gasteiger partial charge in [0.25, 0.3) is 0 Å². The first-order valence-corrected chi connectivity index (χ1v) is 11.8. The molecule has 0 bridgehead atoms. The molecule has 0 radical (unpaired) electrons. The Morgan fingerprint density at radius 2 is 1.55 bits per heavy atom. The lowest BCUT2D eigenvalue weighted by atomic mass is 9.74. The third-order valence-corrected chi connectivity index (χ3v) is 5.94. The van der Waals surface area contributed by atoms with Gasteiger partial charge in [0.15, 0.2) is 0 Å². The van der Waals surface area contributed by atoms with Crippen LogP contribution in [0.25, 0.3) is 0 Å². The molecular formula is C25H41BN2O5. The Morgan fingerprint density at radius 3 is 2.03 bits per heavy atom. The minimum atomic E-state index is -0.806. The summed E-state index contributed by atoms with van der Waals surface area (Å²) in [5, 5.41) is 5.84. The van der Waals surface area contributed by atoms with Crippen molar-refractivity contribution in [1.29, 1.82) is 0 Å². The lowest BCUT2D eigenvalue weighted by Gasteiger charge is -2.32. The van der Waals surface area contributed by atoms with E-state index in [-0.39, 0.29) is 11.8 Å². The van der Waals surface area contributed by atoms with Gasteiger partial charge in [0, 0.05) is 6.42 Å². The Labute approximate surface area is 199 Å². The highest BCUT2D eigenvalue weighted by atomic mass is 16.7. The van der Waals surface area contributed by atoms with E-state index in [1.54, 1.807) is 20.8 Å². The van der Waals surface area contributed by atoms with E-state index < -0.39 is 36.1 Å². The van der Waals surface area contributed by atoms with Crippen LogP contribution >= 0.6 is 0 Å². The summed E-state index contributed by atoms with van der Waals surface area (Å²) in [6, 6.07) is 8.78. The Balaban J connectivity index is 2.21. The van der Waals surface area contributed by atoms with E-state index in [1.807, 2.05) is 58.0 Å². The highest BCUT2D eigenvalue weighted by Gasteiger charge is 2.54. The Hall–Kier alpha value is -2.06. The van der Waals surface area contributed by atoms with Crippen LogP contribution in [0.4, 0.5) is 4.79 Å². The number of carbonyl (C=O) groups excluding carboxylic acids is 2. The van der Waals surface area contributed by atoms with Crippen molar-refractivity contribution in [2.75, 3.05) is 0 Å². The van der Waals surface area contributed by atoms with Crippen LogP contribution in [0.3, 0.4) is 0 Å². The number of carbonyl (C=O) groups is 2. The summed E-state index contributed by atoms with van der Waals surface area (Å²) in [6.45, 7) is 17.5. The highest BCUT2D eigenvalue weighted by Crippen LogP contribution is 2.38. The molecule has 33 heavy (non-hydrogen) atoms. The van der Waals surface area contributed by atoms with Crippen molar-refractivity contribution < 1.29 is 23.6 Å². The molecule has 1 heterocycles. The van der Waals surface area contributed by atoms with Crippen molar-refractivity contribution >= 4 is 19.1 Å². The van der Waals surface area contributed by atoms with Gasteiger partial charge in [0.2, 0.25) is 5.91 Å².